The summed E-state index contributed by atoms with van der Waals surface area (Å²) in [4.78, 5) is 0.830. The van der Waals surface area contributed by atoms with Gasteiger partial charge in [0.15, 0.2) is 0 Å². The van der Waals surface area contributed by atoms with Crippen LogP contribution in [0.2, 0.25) is 0 Å². The van der Waals surface area contributed by atoms with E-state index < -0.39 is 16.6 Å². The van der Waals surface area contributed by atoms with E-state index in [1.165, 1.54) is 22.6 Å². The van der Waals surface area contributed by atoms with Crippen molar-refractivity contribution >= 4 is 21.4 Å². The lowest BCUT2D eigenvalue weighted by atomic mass is 10.2. The first-order valence-corrected chi connectivity index (χ1v) is 9.12. The Balaban J connectivity index is 1.99. The van der Waals surface area contributed by atoms with Crippen LogP contribution in [0.3, 0.4) is 0 Å². The summed E-state index contributed by atoms with van der Waals surface area (Å²) < 4.78 is 53.1. The predicted octanol–water partition coefficient (Wildman–Crippen LogP) is 3.17. The molecule has 1 unspecified atom stereocenters. The molecule has 0 radical (unpaired) electrons. The normalized spacial score (nSPS) is 20.1. The second kappa shape index (κ2) is 5.71. The Kier molecular flexibility index (Phi) is 4.04. The number of sulfonamides is 1. The van der Waals surface area contributed by atoms with Crippen molar-refractivity contribution in [3.8, 4) is 0 Å². The van der Waals surface area contributed by atoms with Crippen molar-refractivity contribution in [2.75, 3.05) is 6.54 Å². The van der Waals surface area contributed by atoms with Gasteiger partial charge in [-0.15, -0.1) is 11.3 Å². The molecule has 5 nitrogen and oxygen atoms in total. The van der Waals surface area contributed by atoms with Crippen molar-refractivity contribution in [1.82, 2.24) is 14.1 Å². The Morgan fingerprint density at radius 2 is 2.23 bits per heavy atom. The first-order valence-electron chi connectivity index (χ1n) is 6.80. The zero-order valence-electron chi connectivity index (χ0n) is 11.8. The van der Waals surface area contributed by atoms with E-state index >= 15 is 0 Å². The van der Waals surface area contributed by atoms with Crippen molar-refractivity contribution in [2.24, 2.45) is 0 Å². The van der Waals surface area contributed by atoms with E-state index in [4.69, 9.17) is 0 Å². The maximum absolute atomic E-state index is 12.8. The molecule has 2 aromatic rings. The molecule has 1 aliphatic rings. The van der Waals surface area contributed by atoms with Gasteiger partial charge >= 0.3 is 6.55 Å². The Labute approximate surface area is 131 Å². The van der Waals surface area contributed by atoms with Crippen LogP contribution in [0.1, 0.15) is 36.0 Å². The zero-order chi connectivity index (χ0) is 15.9. The fourth-order valence-corrected chi connectivity index (χ4v) is 5.54. The van der Waals surface area contributed by atoms with E-state index in [9.17, 15) is 17.2 Å². The molecule has 1 aliphatic heterocycles. The van der Waals surface area contributed by atoms with Crippen molar-refractivity contribution in [2.45, 2.75) is 37.3 Å². The number of hydrogen-bond donors (Lipinski definition) is 0. The number of aromatic nitrogens is 2. The molecular weight excluding hydrogens is 332 g/mol. The number of halogens is 2. The number of nitrogens with zero attached hydrogens (tertiary/aromatic N) is 3. The third-order valence-electron chi connectivity index (χ3n) is 3.85. The van der Waals surface area contributed by atoms with Gasteiger partial charge in [0, 0.05) is 11.4 Å². The maximum atomic E-state index is 12.8. The third-order valence-corrected chi connectivity index (χ3v) is 6.83. The fourth-order valence-electron chi connectivity index (χ4n) is 2.78. The Morgan fingerprint density at radius 1 is 1.45 bits per heavy atom. The molecule has 0 saturated carbocycles. The van der Waals surface area contributed by atoms with Crippen LogP contribution in [0.25, 0.3) is 0 Å². The molecule has 120 valence electrons. The lowest BCUT2D eigenvalue weighted by molar-refractivity contribution is 0.0541. The quantitative estimate of drug-likeness (QED) is 0.854. The Bertz CT molecular complexity index is 756. The van der Waals surface area contributed by atoms with E-state index in [1.54, 1.807) is 0 Å². The summed E-state index contributed by atoms with van der Waals surface area (Å²) in [7, 11) is -3.83. The Hall–Kier alpha value is -1.32. The van der Waals surface area contributed by atoms with Crippen LogP contribution in [0.15, 0.2) is 28.6 Å². The smallest absolute Gasteiger partial charge is 0.207 e. The summed E-state index contributed by atoms with van der Waals surface area (Å²) >= 11 is 1.50. The van der Waals surface area contributed by atoms with Crippen LogP contribution < -0.4 is 0 Å². The highest BCUT2D eigenvalue weighted by Gasteiger charge is 2.38. The van der Waals surface area contributed by atoms with E-state index in [2.05, 4.69) is 5.10 Å². The summed E-state index contributed by atoms with van der Waals surface area (Å²) in [6.45, 7) is -1.11. The monoisotopic (exact) mass is 347 g/mol. The lowest BCUT2D eigenvalue weighted by Gasteiger charge is -2.23. The van der Waals surface area contributed by atoms with E-state index in [1.807, 2.05) is 17.5 Å². The van der Waals surface area contributed by atoms with Crippen LogP contribution in [0.5, 0.6) is 0 Å². The SMILES string of the molecule is Cc1c(S(=O)(=O)N2CCCC2c2cccs2)cnn1C(F)F. The average Bonchev–Trinajstić information content (AvgIpc) is 3.18. The van der Waals surface area contributed by atoms with Gasteiger partial charge in [0.05, 0.1) is 17.9 Å². The third kappa shape index (κ3) is 2.46. The van der Waals surface area contributed by atoms with E-state index in [0.29, 0.717) is 11.2 Å². The molecule has 2 aromatic heterocycles. The summed E-state index contributed by atoms with van der Waals surface area (Å²) in [5.74, 6) is 0. The zero-order valence-corrected chi connectivity index (χ0v) is 13.4. The van der Waals surface area contributed by atoms with Crippen LogP contribution >= 0.6 is 11.3 Å². The molecular formula is C13H15F2N3O2S2. The predicted molar refractivity (Wildman–Crippen MR) is 78.4 cm³/mol. The average molecular weight is 347 g/mol. The van der Waals surface area contributed by atoms with Crippen LogP contribution in [-0.2, 0) is 10.0 Å². The maximum Gasteiger partial charge on any atom is 0.333 e. The second-order valence-electron chi connectivity index (χ2n) is 5.11. The minimum atomic E-state index is -3.83. The molecule has 9 heteroatoms. The molecule has 0 bridgehead atoms. The van der Waals surface area contributed by atoms with Gasteiger partial charge in [0.2, 0.25) is 10.0 Å². The molecule has 3 heterocycles. The lowest BCUT2D eigenvalue weighted by Crippen LogP contribution is -2.30. The van der Waals surface area contributed by atoms with Crippen LogP contribution in [0.4, 0.5) is 8.78 Å². The molecule has 0 aliphatic carbocycles. The molecule has 1 atom stereocenters. The first-order chi connectivity index (χ1) is 10.4. The van der Waals surface area contributed by atoms with Gasteiger partial charge in [0.1, 0.15) is 4.90 Å². The highest BCUT2D eigenvalue weighted by molar-refractivity contribution is 7.89. The van der Waals surface area contributed by atoms with E-state index in [0.717, 1.165) is 23.9 Å². The summed E-state index contributed by atoms with van der Waals surface area (Å²) in [5.41, 5.74) is -0.0353. The van der Waals surface area contributed by atoms with Crippen LogP contribution in [0, 0.1) is 6.92 Å². The van der Waals surface area contributed by atoms with Crippen molar-refractivity contribution in [3.63, 3.8) is 0 Å². The summed E-state index contributed by atoms with van der Waals surface area (Å²) in [6, 6.07) is 3.56. The Morgan fingerprint density at radius 3 is 2.82 bits per heavy atom. The number of hydrogen-bond acceptors (Lipinski definition) is 4. The highest BCUT2D eigenvalue weighted by atomic mass is 32.2. The van der Waals surface area contributed by atoms with Gasteiger partial charge < -0.3 is 0 Å². The van der Waals surface area contributed by atoms with Gasteiger partial charge in [-0.2, -0.15) is 18.2 Å². The summed E-state index contributed by atoms with van der Waals surface area (Å²) in [5, 5.41) is 5.41. The van der Waals surface area contributed by atoms with Crippen molar-refractivity contribution in [1.29, 1.82) is 0 Å². The number of thiophene rings is 1. The first kappa shape index (κ1) is 15.6. The fraction of sp³-hybridized carbons (Fsp3) is 0.462. The molecule has 0 amide bonds. The number of alkyl halides is 2. The van der Waals surface area contributed by atoms with Gasteiger partial charge in [-0.3, -0.25) is 0 Å². The summed E-state index contributed by atoms with van der Waals surface area (Å²) in [6.07, 6.45) is 2.51. The topological polar surface area (TPSA) is 55.2 Å². The second-order valence-corrected chi connectivity index (χ2v) is 7.94. The molecule has 0 aromatic carbocycles. The van der Waals surface area contributed by atoms with Crippen molar-refractivity contribution in [3.05, 3.63) is 34.3 Å². The number of rotatable bonds is 4. The molecule has 1 saturated heterocycles. The molecule has 0 spiro atoms. The van der Waals surface area contributed by atoms with Gasteiger partial charge in [-0.1, -0.05) is 6.07 Å². The minimum Gasteiger partial charge on any atom is -0.207 e. The largest absolute Gasteiger partial charge is 0.333 e. The molecule has 1 fully saturated rings. The van der Waals surface area contributed by atoms with Gasteiger partial charge in [-0.25, -0.2) is 13.1 Å². The van der Waals surface area contributed by atoms with Gasteiger partial charge in [-0.05, 0) is 31.2 Å². The van der Waals surface area contributed by atoms with Crippen molar-refractivity contribution < 1.29 is 17.2 Å². The van der Waals surface area contributed by atoms with Crippen LogP contribution in [-0.4, -0.2) is 29.0 Å². The highest BCUT2D eigenvalue weighted by Crippen LogP contribution is 2.39. The van der Waals surface area contributed by atoms with E-state index in [-0.39, 0.29) is 16.6 Å². The standard InChI is InChI=1S/C13H15F2N3O2S2/c1-9-12(8-16-18(9)13(14)15)22(19,20)17-6-2-4-10(17)11-5-3-7-21-11/h3,5,7-8,10,13H,2,4,6H2,1H3. The molecule has 0 N–H and O–H groups in total. The minimum absolute atomic E-state index is 0.0353. The molecule has 3 rings (SSSR count). The molecule has 22 heavy (non-hydrogen) atoms. The van der Waals surface area contributed by atoms with Gasteiger partial charge in [0.25, 0.3) is 0 Å².